The van der Waals surface area contributed by atoms with Gasteiger partial charge in [-0.15, -0.1) is 0 Å². The highest BCUT2D eigenvalue weighted by Gasteiger charge is 2.19. The van der Waals surface area contributed by atoms with Crippen molar-refractivity contribution in [1.29, 1.82) is 0 Å². The van der Waals surface area contributed by atoms with E-state index in [-0.39, 0.29) is 11.1 Å². The van der Waals surface area contributed by atoms with E-state index >= 15 is 0 Å². The van der Waals surface area contributed by atoms with Gasteiger partial charge in [0.1, 0.15) is 0 Å². The van der Waals surface area contributed by atoms with Crippen LogP contribution in [0, 0.1) is 0 Å². The molecule has 5 heterocycles. The molecular formula is C40H26N4O4. The molecule has 0 radical (unpaired) electrons. The minimum absolute atomic E-state index is 0.123. The van der Waals surface area contributed by atoms with Crippen LogP contribution in [0.2, 0.25) is 0 Å². The molecule has 8 rings (SSSR count). The molecule has 2 aliphatic rings. The second kappa shape index (κ2) is 11.5. The van der Waals surface area contributed by atoms with E-state index in [1.807, 2.05) is 97.1 Å². The van der Waals surface area contributed by atoms with Gasteiger partial charge >= 0.3 is 11.9 Å². The van der Waals surface area contributed by atoms with E-state index in [1.165, 1.54) is 18.2 Å². The van der Waals surface area contributed by atoms with Gasteiger partial charge in [-0.1, -0.05) is 60.7 Å². The third-order valence-electron chi connectivity index (χ3n) is 8.37. The Balaban J connectivity index is 1.52. The van der Waals surface area contributed by atoms with E-state index in [0.717, 1.165) is 44.7 Å². The lowest BCUT2D eigenvalue weighted by atomic mass is 9.96. The van der Waals surface area contributed by atoms with Crippen molar-refractivity contribution < 1.29 is 19.8 Å². The molecule has 0 unspecified atom stereocenters. The zero-order valence-corrected chi connectivity index (χ0v) is 25.3. The Labute approximate surface area is 274 Å². The summed E-state index contributed by atoms with van der Waals surface area (Å²) in [6.45, 7) is 0. The zero-order chi connectivity index (χ0) is 32.8. The van der Waals surface area contributed by atoms with Crippen LogP contribution in [0.5, 0.6) is 0 Å². The number of carboxylic acid groups (broad SMARTS) is 2. The Morgan fingerprint density at radius 2 is 1.08 bits per heavy atom. The standard InChI is InChI=1S/C40H26N4O4/c45-39(46)26-17-25(18-27(19-26)40(47)48)32-22-31-21-30-12-15-34(42-30)36(23-7-3-1-4-8-23)33-14-11-28(41-33)20-29-13-16-35(43-29)37(38(32)44-31)24-9-5-2-6-10-24/h1-22,41,44H,(H,45,46)(H,47,48). The summed E-state index contributed by atoms with van der Waals surface area (Å²) in [5.41, 5.74) is 10.6. The second-order valence-corrected chi connectivity index (χ2v) is 11.5. The van der Waals surface area contributed by atoms with Crippen molar-refractivity contribution in [2.75, 3.05) is 0 Å². The molecule has 8 nitrogen and oxygen atoms in total. The van der Waals surface area contributed by atoms with Crippen LogP contribution in [-0.4, -0.2) is 42.1 Å². The number of fused-ring (bicyclic) bond motifs is 8. The highest BCUT2D eigenvalue weighted by Crippen LogP contribution is 2.37. The Kier molecular flexibility index (Phi) is 6.88. The van der Waals surface area contributed by atoms with Crippen LogP contribution >= 0.6 is 0 Å². The fourth-order valence-electron chi connectivity index (χ4n) is 6.24. The van der Waals surface area contributed by atoms with Crippen molar-refractivity contribution in [1.82, 2.24) is 19.9 Å². The molecule has 0 saturated heterocycles. The summed E-state index contributed by atoms with van der Waals surface area (Å²) in [7, 11) is 0. The van der Waals surface area contributed by atoms with Crippen LogP contribution in [0.3, 0.4) is 0 Å². The first kappa shape index (κ1) is 28.7. The molecule has 4 N–H and O–H groups in total. The van der Waals surface area contributed by atoms with Crippen molar-refractivity contribution in [2.24, 2.45) is 0 Å². The number of carbonyl (C=O) groups is 2. The number of nitrogens with one attached hydrogen (secondary N) is 2. The van der Waals surface area contributed by atoms with Crippen molar-refractivity contribution in [3.63, 3.8) is 0 Å². The van der Waals surface area contributed by atoms with Crippen LogP contribution in [0.15, 0.2) is 109 Å². The Bertz CT molecular complexity index is 2480. The molecule has 0 amide bonds. The van der Waals surface area contributed by atoms with Crippen molar-refractivity contribution in [2.45, 2.75) is 0 Å². The van der Waals surface area contributed by atoms with Crippen molar-refractivity contribution in [3.8, 4) is 33.4 Å². The number of nitrogens with zero attached hydrogens (tertiary/aromatic N) is 2. The van der Waals surface area contributed by atoms with Gasteiger partial charge in [-0.25, -0.2) is 19.6 Å². The lowest BCUT2D eigenvalue weighted by Gasteiger charge is -2.09. The molecule has 0 fully saturated rings. The van der Waals surface area contributed by atoms with Crippen molar-refractivity contribution >= 4 is 58.3 Å². The van der Waals surface area contributed by atoms with E-state index in [0.29, 0.717) is 33.5 Å². The summed E-state index contributed by atoms with van der Waals surface area (Å²) in [5, 5.41) is 19.8. The molecule has 0 spiro atoms. The monoisotopic (exact) mass is 626 g/mol. The quantitative estimate of drug-likeness (QED) is 0.151. The Morgan fingerprint density at radius 3 is 1.69 bits per heavy atom. The SMILES string of the molecule is O=C(O)c1cc(C(=O)O)cc(-c2cc3cc4nc(c(-c5ccccc5)c5ccc(cc6nc(c(-c7ccccc7)c2[nH]3)C=C6)[nH]5)C=C4)c1. The predicted molar refractivity (Wildman–Crippen MR) is 189 cm³/mol. The van der Waals surface area contributed by atoms with Gasteiger partial charge < -0.3 is 20.2 Å². The summed E-state index contributed by atoms with van der Waals surface area (Å²) in [4.78, 5) is 41.4. The molecule has 8 bridgehead atoms. The molecule has 48 heavy (non-hydrogen) atoms. The molecule has 0 atom stereocenters. The first-order chi connectivity index (χ1) is 23.4. The number of carboxylic acids is 2. The first-order valence-corrected chi connectivity index (χ1v) is 15.3. The maximum Gasteiger partial charge on any atom is 0.335 e. The third-order valence-corrected chi connectivity index (χ3v) is 8.37. The Hall–Kier alpha value is -6.80. The number of rotatable bonds is 5. The zero-order valence-electron chi connectivity index (χ0n) is 25.3. The molecule has 230 valence electrons. The molecule has 3 aromatic heterocycles. The Morgan fingerprint density at radius 1 is 0.521 bits per heavy atom. The normalized spacial score (nSPS) is 11.9. The molecule has 8 heteroatoms. The fourth-order valence-corrected chi connectivity index (χ4v) is 6.24. The van der Waals surface area contributed by atoms with Gasteiger partial charge in [-0.2, -0.15) is 0 Å². The summed E-state index contributed by atoms with van der Waals surface area (Å²) in [6, 6.07) is 33.9. The highest BCUT2D eigenvalue weighted by molar-refractivity contribution is 6.03. The fraction of sp³-hybridized carbons (Fsp3) is 0. The molecule has 3 aromatic carbocycles. The van der Waals surface area contributed by atoms with Crippen LogP contribution < -0.4 is 0 Å². The van der Waals surface area contributed by atoms with Crippen molar-refractivity contribution in [3.05, 3.63) is 143 Å². The smallest absolute Gasteiger partial charge is 0.335 e. The number of aromatic amines is 2. The lowest BCUT2D eigenvalue weighted by Crippen LogP contribution is -2.03. The molecule has 2 aliphatic heterocycles. The first-order valence-electron chi connectivity index (χ1n) is 15.3. The highest BCUT2D eigenvalue weighted by atomic mass is 16.4. The van der Waals surface area contributed by atoms with E-state index in [4.69, 9.17) is 9.97 Å². The minimum atomic E-state index is -1.22. The van der Waals surface area contributed by atoms with E-state index < -0.39 is 11.9 Å². The number of hydrogen-bond donors (Lipinski definition) is 4. The van der Waals surface area contributed by atoms with Gasteiger partial charge in [-0.3, -0.25) is 0 Å². The number of benzene rings is 3. The third kappa shape index (κ3) is 5.27. The summed E-state index contributed by atoms with van der Waals surface area (Å²) < 4.78 is 0. The van der Waals surface area contributed by atoms with Gasteiger partial charge in [0.05, 0.1) is 39.4 Å². The molecule has 0 saturated carbocycles. The summed E-state index contributed by atoms with van der Waals surface area (Å²) in [5.74, 6) is -2.43. The average molecular weight is 627 g/mol. The largest absolute Gasteiger partial charge is 0.478 e. The summed E-state index contributed by atoms with van der Waals surface area (Å²) >= 11 is 0. The summed E-state index contributed by atoms with van der Waals surface area (Å²) in [6.07, 6.45) is 7.84. The van der Waals surface area contributed by atoms with Crippen LogP contribution in [-0.2, 0) is 0 Å². The molecule has 6 aromatic rings. The predicted octanol–water partition coefficient (Wildman–Crippen LogP) is 9.05. The average Bonchev–Trinajstić information content (AvgIpc) is 3.92. The second-order valence-electron chi connectivity index (χ2n) is 11.5. The van der Waals surface area contributed by atoms with Crippen LogP contribution in [0.25, 0.3) is 79.8 Å². The van der Waals surface area contributed by atoms with Gasteiger partial charge in [0.15, 0.2) is 0 Å². The lowest BCUT2D eigenvalue weighted by molar-refractivity contribution is 0.0696. The number of H-pyrrole nitrogens is 2. The molecular weight excluding hydrogens is 600 g/mol. The van der Waals surface area contributed by atoms with E-state index in [2.05, 4.69) is 28.2 Å². The minimum Gasteiger partial charge on any atom is -0.478 e. The maximum atomic E-state index is 12.1. The molecule has 0 aliphatic carbocycles. The van der Waals surface area contributed by atoms with Crippen LogP contribution in [0.4, 0.5) is 0 Å². The van der Waals surface area contributed by atoms with E-state index in [1.54, 1.807) is 0 Å². The number of aromatic nitrogens is 4. The topological polar surface area (TPSA) is 132 Å². The van der Waals surface area contributed by atoms with Gasteiger partial charge in [-0.05, 0) is 89.5 Å². The van der Waals surface area contributed by atoms with Gasteiger partial charge in [0.25, 0.3) is 0 Å². The van der Waals surface area contributed by atoms with E-state index in [9.17, 15) is 19.8 Å². The van der Waals surface area contributed by atoms with Gasteiger partial charge in [0, 0.05) is 33.2 Å². The maximum absolute atomic E-state index is 12.1. The van der Waals surface area contributed by atoms with Crippen LogP contribution in [0.1, 0.15) is 43.5 Å². The number of hydrogen-bond acceptors (Lipinski definition) is 4. The van der Waals surface area contributed by atoms with Gasteiger partial charge in [0.2, 0.25) is 0 Å². The number of aromatic carboxylic acids is 2.